The van der Waals surface area contributed by atoms with Gasteiger partial charge in [-0.15, -0.1) is 0 Å². The van der Waals surface area contributed by atoms with E-state index in [1.165, 1.54) is 0 Å². The van der Waals surface area contributed by atoms with Crippen LogP contribution in [0.25, 0.3) is 0 Å². The van der Waals surface area contributed by atoms with Crippen LogP contribution in [0, 0.1) is 11.6 Å². The van der Waals surface area contributed by atoms with Crippen molar-refractivity contribution in [3.63, 3.8) is 0 Å². The fourth-order valence-electron chi connectivity index (χ4n) is 6.22. The minimum atomic E-state index is -4.55. The molecule has 0 aliphatic carbocycles. The Hall–Kier alpha value is -3.17. The molecule has 0 bridgehead atoms. The van der Waals surface area contributed by atoms with Crippen molar-refractivity contribution in [1.82, 2.24) is 10.2 Å². The molecule has 3 aromatic rings. The summed E-state index contributed by atoms with van der Waals surface area (Å²) in [5.74, 6) is -1.23. The molecule has 1 N–H and O–H groups in total. The van der Waals surface area contributed by atoms with Gasteiger partial charge in [0.25, 0.3) is 0 Å². The highest BCUT2D eigenvalue weighted by atomic mass is 19.4. The van der Waals surface area contributed by atoms with Gasteiger partial charge in [-0.25, -0.2) is 8.78 Å². The molecule has 0 amide bonds. The molecule has 2 aliphatic heterocycles. The van der Waals surface area contributed by atoms with Crippen LogP contribution in [0.15, 0.2) is 60.7 Å². The lowest BCUT2D eigenvalue weighted by Gasteiger charge is -2.42. The molecule has 0 saturated carbocycles. The molecule has 0 radical (unpaired) electrons. The number of alkyl halides is 3. The smallest absolute Gasteiger partial charge is 0.401 e. The van der Waals surface area contributed by atoms with Gasteiger partial charge in [0.15, 0.2) is 0 Å². The van der Waals surface area contributed by atoms with Crippen molar-refractivity contribution in [2.45, 2.75) is 82.8 Å². The summed E-state index contributed by atoms with van der Waals surface area (Å²) in [5.41, 5.74) is 1.70. The van der Waals surface area contributed by atoms with Crippen LogP contribution < -0.4 is 14.8 Å². The summed E-state index contributed by atoms with van der Waals surface area (Å²) in [5, 5.41) is 3.38. The van der Waals surface area contributed by atoms with E-state index in [1.807, 2.05) is 30.3 Å². The summed E-state index contributed by atoms with van der Waals surface area (Å²) in [6, 6.07) is 15.0. The summed E-state index contributed by atoms with van der Waals surface area (Å²) >= 11 is 0. The van der Waals surface area contributed by atoms with Crippen molar-refractivity contribution in [2.24, 2.45) is 0 Å². The molecule has 3 atom stereocenters. The number of hydrogen-bond acceptors (Lipinski definition) is 4. The Balaban J connectivity index is 1.44. The lowest BCUT2D eigenvalue weighted by atomic mass is 9.84. The standard InChI is InChI=1S/C34H39F5N2O2/c1-23-17-25-18-27(42-21-24-9-4-2-5-10-24)13-14-29(25)33(41(23)22-34(37,38)39)32-30(35)19-28(20-31(32)36)43-26-11-6-3-7-15-40-16-8-12-26/h2,4-5,9-10,13-14,18-20,23,26,33,40H,3,6-8,11-12,15-17,21-22H2,1H3/t23-,26?,33?/m1/s1. The molecule has 0 spiro atoms. The third-order valence-electron chi connectivity index (χ3n) is 8.32. The molecule has 1 saturated heterocycles. The molecule has 0 aromatic heterocycles. The lowest BCUT2D eigenvalue weighted by Crippen LogP contribution is -2.47. The zero-order valence-electron chi connectivity index (χ0n) is 24.4. The Morgan fingerprint density at radius 1 is 0.860 bits per heavy atom. The van der Waals surface area contributed by atoms with Crippen molar-refractivity contribution < 1.29 is 31.4 Å². The first-order chi connectivity index (χ1) is 20.7. The van der Waals surface area contributed by atoms with Crippen LogP contribution in [0.1, 0.15) is 73.7 Å². The van der Waals surface area contributed by atoms with E-state index in [4.69, 9.17) is 9.47 Å². The van der Waals surface area contributed by atoms with Gasteiger partial charge in [-0.3, -0.25) is 4.90 Å². The van der Waals surface area contributed by atoms with Gasteiger partial charge < -0.3 is 14.8 Å². The van der Waals surface area contributed by atoms with E-state index in [-0.39, 0.29) is 18.3 Å². The fourth-order valence-corrected chi connectivity index (χ4v) is 6.22. The Labute approximate surface area is 250 Å². The van der Waals surface area contributed by atoms with Crippen molar-refractivity contribution in [2.75, 3.05) is 19.6 Å². The highest BCUT2D eigenvalue weighted by Crippen LogP contribution is 2.43. The van der Waals surface area contributed by atoms with Gasteiger partial charge in [0.2, 0.25) is 0 Å². The van der Waals surface area contributed by atoms with Crippen LogP contribution in [0.2, 0.25) is 0 Å². The second-order valence-corrected chi connectivity index (χ2v) is 11.7. The van der Waals surface area contributed by atoms with E-state index in [0.29, 0.717) is 23.5 Å². The molecule has 3 aromatic carbocycles. The van der Waals surface area contributed by atoms with E-state index < -0.39 is 42.0 Å². The fraction of sp³-hybridized carbons (Fsp3) is 0.471. The van der Waals surface area contributed by atoms with Crippen LogP contribution in [0.4, 0.5) is 22.0 Å². The maximum absolute atomic E-state index is 15.9. The minimum absolute atomic E-state index is 0.0601. The SMILES string of the molecule is C[C@@H]1Cc2cc(OCc3ccccc3)ccc2C(c2c(F)cc(OC3CCCCCNCCC3)cc2F)N1CC(F)(F)F. The normalized spacial score (nSPS) is 22.0. The first kappa shape index (κ1) is 31.3. The monoisotopic (exact) mass is 602 g/mol. The van der Waals surface area contributed by atoms with Crippen molar-refractivity contribution >= 4 is 0 Å². The number of fused-ring (bicyclic) bond motifs is 1. The quantitative estimate of drug-likeness (QED) is 0.277. The molecular formula is C34H39F5N2O2. The number of nitrogens with zero attached hydrogens (tertiary/aromatic N) is 1. The number of ether oxygens (including phenoxy) is 2. The third kappa shape index (κ3) is 8.26. The highest BCUT2D eigenvalue weighted by Gasteiger charge is 2.42. The Kier molecular flexibility index (Phi) is 10.2. The molecule has 4 nitrogen and oxygen atoms in total. The second kappa shape index (κ2) is 14.1. The number of halogens is 5. The number of nitrogens with one attached hydrogen (secondary N) is 1. The molecule has 9 heteroatoms. The molecule has 2 aliphatic rings. The molecule has 2 heterocycles. The van der Waals surface area contributed by atoms with Crippen molar-refractivity contribution in [1.29, 1.82) is 0 Å². The predicted octanol–water partition coefficient (Wildman–Crippen LogP) is 8.13. The van der Waals surface area contributed by atoms with Crippen LogP contribution in [0.5, 0.6) is 11.5 Å². The molecule has 1 fully saturated rings. The van der Waals surface area contributed by atoms with Crippen molar-refractivity contribution in [3.8, 4) is 11.5 Å². The second-order valence-electron chi connectivity index (χ2n) is 11.7. The number of rotatable bonds is 7. The largest absolute Gasteiger partial charge is 0.490 e. The Bertz CT molecular complexity index is 1320. The Morgan fingerprint density at radius 2 is 1.58 bits per heavy atom. The number of hydrogen-bond donors (Lipinski definition) is 1. The van der Waals surface area contributed by atoms with Gasteiger partial charge >= 0.3 is 6.18 Å². The molecule has 232 valence electrons. The molecular weight excluding hydrogens is 563 g/mol. The van der Waals surface area contributed by atoms with Crippen LogP contribution in [-0.2, 0) is 13.0 Å². The van der Waals surface area contributed by atoms with Crippen LogP contribution >= 0.6 is 0 Å². The third-order valence-corrected chi connectivity index (χ3v) is 8.32. The zero-order valence-corrected chi connectivity index (χ0v) is 24.4. The van der Waals surface area contributed by atoms with Gasteiger partial charge in [-0.05, 0) is 87.4 Å². The van der Waals surface area contributed by atoms with Crippen molar-refractivity contribution in [3.05, 3.63) is 94.6 Å². The summed E-state index contributed by atoms with van der Waals surface area (Å²) in [6.07, 6.45) is 1.03. The van der Waals surface area contributed by atoms with Gasteiger partial charge in [-0.1, -0.05) is 42.8 Å². The van der Waals surface area contributed by atoms with E-state index >= 15 is 8.78 Å². The molecule has 2 unspecified atom stereocenters. The minimum Gasteiger partial charge on any atom is -0.490 e. The molecule has 5 rings (SSSR count). The summed E-state index contributed by atoms with van der Waals surface area (Å²) < 4.78 is 85.0. The highest BCUT2D eigenvalue weighted by molar-refractivity contribution is 5.46. The van der Waals surface area contributed by atoms with E-state index in [2.05, 4.69) is 5.32 Å². The maximum Gasteiger partial charge on any atom is 0.401 e. The predicted molar refractivity (Wildman–Crippen MR) is 156 cm³/mol. The van der Waals surface area contributed by atoms with Gasteiger partial charge in [-0.2, -0.15) is 13.2 Å². The van der Waals surface area contributed by atoms with Gasteiger partial charge in [0, 0.05) is 23.7 Å². The molecule has 43 heavy (non-hydrogen) atoms. The summed E-state index contributed by atoms with van der Waals surface area (Å²) in [7, 11) is 0. The van der Waals surface area contributed by atoms with E-state index in [1.54, 1.807) is 25.1 Å². The van der Waals surface area contributed by atoms with Gasteiger partial charge in [0.05, 0.1) is 18.7 Å². The van der Waals surface area contributed by atoms with Gasteiger partial charge in [0.1, 0.15) is 29.7 Å². The average Bonchev–Trinajstić information content (AvgIpc) is 2.96. The zero-order chi connectivity index (χ0) is 30.4. The number of benzene rings is 3. The first-order valence-corrected chi connectivity index (χ1v) is 15.2. The Morgan fingerprint density at radius 3 is 2.33 bits per heavy atom. The van der Waals surface area contributed by atoms with Crippen LogP contribution in [-0.4, -0.2) is 42.9 Å². The average molecular weight is 603 g/mol. The lowest BCUT2D eigenvalue weighted by molar-refractivity contribution is -0.155. The first-order valence-electron chi connectivity index (χ1n) is 15.2. The van der Waals surface area contributed by atoms with E-state index in [9.17, 15) is 13.2 Å². The topological polar surface area (TPSA) is 33.7 Å². The summed E-state index contributed by atoms with van der Waals surface area (Å²) in [6.45, 7) is 2.52. The maximum atomic E-state index is 15.9. The van der Waals surface area contributed by atoms with E-state index in [0.717, 1.165) is 74.2 Å². The van der Waals surface area contributed by atoms with Crippen LogP contribution in [0.3, 0.4) is 0 Å². The summed E-state index contributed by atoms with van der Waals surface area (Å²) in [4.78, 5) is 1.14.